The summed E-state index contributed by atoms with van der Waals surface area (Å²) in [6, 6.07) is 5.62. The van der Waals surface area contributed by atoms with Crippen molar-refractivity contribution in [1.29, 1.82) is 0 Å². The lowest BCUT2D eigenvalue weighted by molar-refractivity contribution is 0.236. The number of H-pyrrole nitrogens is 1. The molecule has 0 atom stereocenters. The summed E-state index contributed by atoms with van der Waals surface area (Å²) in [5.74, 6) is -3.44. The second-order valence-electron chi connectivity index (χ2n) is 6.37. The van der Waals surface area contributed by atoms with E-state index in [1.807, 2.05) is 4.90 Å². The fourth-order valence-electron chi connectivity index (χ4n) is 3.20. The lowest BCUT2D eigenvalue weighted by Crippen LogP contribution is -2.35. The summed E-state index contributed by atoms with van der Waals surface area (Å²) in [4.78, 5) is 25.5. The first-order chi connectivity index (χ1) is 13.0. The van der Waals surface area contributed by atoms with Crippen LogP contribution >= 0.6 is 0 Å². The summed E-state index contributed by atoms with van der Waals surface area (Å²) in [6.45, 7) is 0.905. The van der Waals surface area contributed by atoms with Crippen LogP contribution < -0.4 is 5.56 Å². The minimum Gasteiger partial charge on any atom is -0.306 e. The van der Waals surface area contributed by atoms with Crippen molar-refractivity contribution in [1.82, 2.24) is 19.9 Å². The van der Waals surface area contributed by atoms with Crippen molar-refractivity contribution < 1.29 is 13.2 Å². The van der Waals surface area contributed by atoms with Crippen LogP contribution in [0.5, 0.6) is 0 Å². The second kappa shape index (κ2) is 6.96. The Morgan fingerprint density at radius 2 is 1.85 bits per heavy atom. The van der Waals surface area contributed by atoms with Gasteiger partial charge in [-0.25, -0.2) is 18.2 Å². The molecule has 0 aliphatic carbocycles. The van der Waals surface area contributed by atoms with Gasteiger partial charge < -0.3 is 4.98 Å². The quantitative estimate of drug-likeness (QED) is 0.719. The Morgan fingerprint density at radius 1 is 1.07 bits per heavy atom. The highest BCUT2D eigenvalue weighted by Gasteiger charge is 2.23. The minimum atomic E-state index is -1.47. The van der Waals surface area contributed by atoms with Gasteiger partial charge in [-0.3, -0.25) is 14.7 Å². The maximum Gasteiger partial charge on any atom is 0.254 e. The van der Waals surface area contributed by atoms with E-state index in [0.29, 0.717) is 36.6 Å². The molecule has 0 fully saturated rings. The summed E-state index contributed by atoms with van der Waals surface area (Å²) < 4.78 is 40.5. The van der Waals surface area contributed by atoms with Crippen molar-refractivity contribution in [3.63, 3.8) is 0 Å². The molecule has 0 amide bonds. The Morgan fingerprint density at radius 3 is 2.63 bits per heavy atom. The van der Waals surface area contributed by atoms with Gasteiger partial charge in [0.25, 0.3) is 5.56 Å². The molecule has 3 aromatic rings. The molecule has 1 aliphatic heterocycles. The zero-order chi connectivity index (χ0) is 19.0. The van der Waals surface area contributed by atoms with Crippen LogP contribution in [0.2, 0.25) is 0 Å². The highest BCUT2D eigenvalue weighted by Crippen LogP contribution is 2.22. The Hall–Kier alpha value is -3.00. The molecule has 4 rings (SSSR count). The predicted molar refractivity (Wildman–Crippen MR) is 92.2 cm³/mol. The molecule has 0 spiro atoms. The lowest BCUT2D eigenvalue weighted by atomic mass is 10.0. The van der Waals surface area contributed by atoms with Crippen molar-refractivity contribution in [2.45, 2.75) is 19.5 Å². The average molecular weight is 372 g/mol. The first-order valence-corrected chi connectivity index (χ1v) is 8.40. The molecule has 5 nitrogen and oxygen atoms in total. The van der Waals surface area contributed by atoms with E-state index in [0.717, 1.165) is 11.6 Å². The van der Waals surface area contributed by atoms with Gasteiger partial charge in [0.2, 0.25) is 0 Å². The first-order valence-electron chi connectivity index (χ1n) is 8.40. The third-order valence-corrected chi connectivity index (χ3v) is 4.62. The zero-order valence-electron chi connectivity index (χ0n) is 14.2. The van der Waals surface area contributed by atoms with E-state index in [-0.39, 0.29) is 17.7 Å². The summed E-state index contributed by atoms with van der Waals surface area (Å²) in [5.41, 5.74) is 1.78. The van der Waals surface area contributed by atoms with E-state index in [9.17, 15) is 18.0 Å². The molecule has 0 radical (unpaired) electrons. The van der Waals surface area contributed by atoms with Gasteiger partial charge in [0, 0.05) is 48.7 Å². The van der Waals surface area contributed by atoms with Crippen LogP contribution in [0.3, 0.4) is 0 Å². The molecule has 1 aromatic carbocycles. The third-order valence-electron chi connectivity index (χ3n) is 4.62. The smallest absolute Gasteiger partial charge is 0.254 e. The second-order valence-corrected chi connectivity index (χ2v) is 6.37. The van der Waals surface area contributed by atoms with Crippen molar-refractivity contribution in [3.05, 3.63) is 81.3 Å². The zero-order valence-corrected chi connectivity index (χ0v) is 14.2. The van der Waals surface area contributed by atoms with Crippen LogP contribution in [0, 0.1) is 17.5 Å². The van der Waals surface area contributed by atoms with Gasteiger partial charge in [-0.1, -0.05) is 6.07 Å². The molecular formula is C19H15F3N4O. The molecule has 27 heavy (non-hydrogen) atoms. The van der Waals surface area contributed by atoms with Gasteiger partial charge in [0.1, 0.15) is 5.82 Å². The van der Waals surface area contributed by atoms with Crippen molar-refractivity contribution in [2.24, 2.45) is 0 Å². The van der Waals surface area contributed by atoms with Crippen LogP contribution in [0.25, 0.3) is 11.4 Å². The normalized spacial score (nSPS) is 14.2. The number of pyridine rings is 1. The molecule has 0 saturated heterocycles. The Kier molecular flexibility index (Phi) is 4.49. The van der Waals surface area contributed by atoms with Gasteiger partial charge in [-0.2, -0.15) is 0 Å². The number of nitrogens with one attached hydrogen (secondary N) is 1. The Bertz CT molecular complexity index is 1050. The van der Waals surface area contributed by atoms with Crippen LogP contribution in [0.1, 0.15) is 16.8 Å². The van der Waals surface area contributed by atoms with E-state index >= 15 is 0 Å². The number of rotatable bonds is 3. The average Bonchev–Trinajstić information content (AvgIpc) is 2.69. The number of nitrogens with zero attached hydrogens (tertiary/aromatic N) is 3. The van der Waals surface area contributed by atoms with Gasteiger partial charge >= 0.3 is 0 Å². The maximum absolute atomic E-state index is 13.9. The molecule has 1 aliphatic rings. The van der Waals surface area contributed by atoms with E-state index in [1.165, 1.54) is 6.07 Å². The number of halogens is 3. The monoisotopic (exact) mass is 372 g/mol. The Labute approximate surface area is 152 Å². The van der Waals surface area contributed by atoms with Crippen LogP contribution in [0.4, 0.5) is 13.2 Å². The van der Waals surface area contributed by atoms with E-state index in [4.69, 9.17) is 0 Å². The summed E-state index contributed by atoms with van der Waals surface area (Å²) >= 11 is 0. The Balaban J connectivity index is 1.62. The van der Waals surface area contributed by atoms with Gasteiger partial charge in [0.15, 0.2) is 17.5 Å². The van der Waals surface area contributed by atoms with Crippen molar-refractivity contribution in [3.8, 4) is 11.4 Å². The SMILES string of the molecule is O=c1[nH]c(-c2ccncc2)nc2c1CCN(Cc1ccc(F)c(F)c1F)C2. The molecule has 8 heteroatoms. The molecule has 2 aromatic heterocycles. The van der Waals surface area contributed by atoms with Gasteiger partial charge in [0.05, 0.1) is 5.69 Å². The van der Waals surface area contributed by atoms with Gasteiger partial charge in [-0.05, 0) is 24.6 Å². The number of hydrogen-bond donors (Lipinski definition) is 1. The summed E-state index contributed by atoms with van der Waals surface area (Å²) in [5, 5.41) is 0. The largest absolute Gasteiger partial charge is 0.306 e. The van der Waals surface area contributed by atoms with Crippen LogP contribution in [-0.2, 0) is 19.5 Å². The summed E-state index contributed by atoms with van der Waals surface area (Å²) in [6.07, 6.45) is 3.65. The van der Waals surface area contributed by atoms with Crippen LogP contribution in [0.15, 0.2) is 41.5 Å². The fraction of sp³-hybridized carbons (Fsp3) is 0.211. The fourth-order valence-corrected chi connectivity index (χ4v) is 3.20. The first kappa shape index (κ1) is 17.4. The molecule has 138 valence electrons. The standard InChI is InChI=1S/C19H15F3N4O/c20-14-2-1-12(16(21)17(14)22)9-26-8-5-13-15(10-26)24-18(25-19(13)27)11-3-6-23-7-4-11/h1-4,6-7H,5,8-10H2,(H,24,25,27). The lowest BCUT2D eigenvalue weighted by Gasteiger charge is -2.27. The molecule has 0 unspecified atom stereocenters. The molecule has 0 bridgehead atoms. The minimum absolute atomic E-state index is 0.0662. The topological polar surface area (TPSA) is 61.9 Å². The number of hydrogen-bond acceptors (Lipinski definition) is 4. The van der Waals surface area contributed by atoms with E-state index in [2.05, 4.69) is 15.0 Å². The predicted octanol–water partition coefficient (Wildman–Crippen LogP) is 2.81. The van der Waals surface area contributed by atoms with E-state index in [1.54, 1.807) is 24.5 Å². The highest BCUT2D eigenvalue weighted by molar-refractivity contribution is 5.54. The van der Waals surface area contributed by atoms with Crippen molar-refractivity contribution >= 4 is 0 Å². The van der Waals surface area contributed by atoms with Gasteiger partial charge in [-0.15, -0.1) is 0 Å². The molecule has 1 N–H and O–H groups in total. The van der Waals surface area contributed by atoms with Crippen molar-refractivity contribution in [2.75, 3.05) is 6.54 Å². The summed E-state index contributed by atoms with van der Waals surface area (Å²) in [7, 11) is 0. The number of aromatic nitrogens is 3. The molecule has 3 heterocycles. The molecular weight excluding hydrogens is 357 g/mol. The van der Waals surface area contributed by atoms with E-state index < -0.39 is 17.5 Å². The number of fused-ring (bicyclic) bond motifs is 1. The molecule has 0 saturated carbocycles. The number of aromatic amines is 1. The third kappa shape index (κ3) is 3.35. The number of benzene rings is 1. The van der Waals surface area contributed by atoms with Crippen LogP contribution in [-0.4, -0.2) is 26.4 Å². The highest BCUT2D eigenvalue weighted by atomic mass is 19.2. The maximum atomic E-state index is 13.9.